The number of sulfone groups is 1. The molecule has 1 amide bonds. The smallest absolute Gasteiger partial charge is 0.287 e. The molecule has 7 heteroatoms. The number of rotatable bonds is 9. The van der Waals surface area contributed by atoms with E-state index in [1.807, 2.05) is 25.1 Å². The van der Waals surface area contributed by atoms with Crippen LogP contribution in [-0.2, 0) is 27.8 Å². The number of hydrogen-bond donors (Lipinski definition) is 1. The van der Waals surface area contributed by atoms with E-state index >= 15 is 0 Å². The lowest BCUT2D eigenvalue weighted by molar-refractivity contribution is 0.0909. The summed E-state index contributed by atoms with van der Waals surface area (Å²) in [5.41, 5.74) is 1.82. The first-order chi connectivity index (χ1) is 14.3. The molecule has 0 fully saturated rings. The number of aryl methyl sites for hydroxylation is 1. The van der Waals surface area contributed by atoms with Crippen molar-refractivity contribution in [3.8, 4) is 0 Å². The van der Waals surface area contributed by atoms with E-state index in [2.05, 4.69) is 17.4 Å². The molecule has 3 rings (SSSR count). The van der Waals surface area contributed by atoms with Gasteiger partial charge in [0.05, 0.1) is 5.75 Å². The average Bonchev–Trinajstić information content (AvgIpc) is 3.14. The Labute approximate surface area is 182 Å². The Morgan fingerprint density at radius 1 is 1.00 bits per heavy atom. The van der Waals surface area contributed by atoms with Gasteiger partial charge in [0.2, 0.25) is 0 Å². The quantitative estimate of drug-likeness (QED) is 0.513. The third kappa shape index (κ3) is 6.75. The molecule has 0 aliphatic rings. The normalized spacial score (nSPS) is 12.5. The van der Waals surface area contributed by atoms with Gasteiger partial charge in [-0.3, -0.25) is 4.79 Å². The zero-order valence-corrected chi connectivity index (χ0v) is 18.2. The lowest BCUT2D eigenvalue weighted by atomic mass is 10.1. The molecule has 3 aromatic rings. The fourth-order valence-corrected chi connectivity index (χ4v) is 4.71. The lowest BCUT2D eigenvalue weighted by Crippen LogP contribution is -2.32. The third-order valence-electron chi connectivity index (χ3n) is 4.61. The van der Waals surface area contributed by atoms with Crippen molar-refractivity contribution in [1.82, 2.24) is 5.32 Å². The van der Waals surface area contributed by atoms with Crippen LogP contribution in [-0.4, -0.2) is 20.4 Å². The van der Waals surface area contributed by atoms with Crippen molar-refractivity contribution in [2.75, 3.05) is 0 Å². The molecule has 1 heterocycles. The number of carbonyl (C=O) groups is 1. The van der Waals surface area contributed by atoms with Gasteiger partial charge >= 0.3 is 0 Å². The van der Waals surface area contributed by atoms with E-state index in [-0.39, 0.29) is 35.0 Å². The standard InChI is InChI=1S/C23H24ClNO4S/c1-17(10-11-18-6-3-2-4-7-18)25-23(26)22-13-12-21(29-22)16-30(27,28)15-19-8-5-9-20(24)14-19/h2-9,12-14,17H,10-11,15-16H2,1H3,(H,25,26)/t17-/m1/s1. The minimum absolute atomic E-state index is 0.0437. The summed E-state index contributed by atoms with van der Waals surface area (Å²) in [7, 11) is -3.46. The fraction of sp³-hybridized carbons (Fsp3) is 0.261. The first-order valence-corrected chi connectivity index (χ1v) is 11.9. The van der Waals surface area contributed by atoms with Gasteiger partial charge in [0, 0.05) is 11.1 Å². The Morgan fingerprint density at radius 2 is 1.73 bits per heavy atom. The van der Waals surface area contributed by atoms with Crippen LogP contribution in [0, 0.1) is 0 Å². The van der Waals surface area contributed by atoms with Crippen LogP contribution in [0.1, 0.15) is 40.8 Å². The Kier molecular flexibility index (Phi) is 7.34. The van der Waals surface area contributed by atoms with Crippen molar-refractivity contribution >= 4 is 27.3 Å². The van der Waals surface area contributed by atoms with Crippen LogP contribution in [0.2, 0.25) is 5.02 Å². The summed E-state index contributed by atoms with van der Waals surface area (Å²) < 4.78 is 30.4. The van der Waals surface area contributed by atoms with Crippen molar-refractivity contribution < 1.29 is 17.6 Å². The van der Waals surface area contributed by atoms with E-state index in [0.29, 0.717) is 10.6 Å². The molecular formula is C23H24ClNO4S. The van der Waals surface area contributed by atoms with Crippen molar-refractivity contribution in [3.63, 3.8) is 0 Å². The summed E-state index contributed by atoms with van der Waals surface area (Å²) in [6.07, 6.45) is 1.64. The second kappa shape index (κ2) is 9.96. The molecule has 2 aromatic carbocycles. The van der Waals surface area contributed by atoms with Gasteiger partial charge in [-0.25, -0.2) is 8.42 Å². The van der Waals surface area contributed by atoms with Crippen molar-refractivity contribution in [2.45, 2.75) is 37.3 Å². The maximum Gasteiger partial charge on any atom is 0.287 e. The summed E-state index contributed by atoms with van der Waals surface area (Å²) in [5, 5.41) is 3.38. The van der Waals surface area contributed by atoms with Crippen LogP contribution in [0.5, 0.6) is 0 Å². The number of halogens is 1. The molecule has 0 saturated heterocycles. The van der Waals surface area contributed by atoms with Crippen molar-refractivity contribution in [1.29, 1.82) is 0 Å². The van der Waals surface area contributed by atoms with Gasteiger partial charge in [0.1, 0.15) is 11.5 Å². The van der Waals surface area contributed by atoms with Gasteiger partial charge in [-0.1, -0.05) is 54.1 Å². The maximum atomic E-state index is 12.5. The average molecular weight is 446 g/mol. The maximum absolute atomic E-state index is 12.5. The minimum atomic E-state index is -3.46. The molecular weight excluding hydrogens is 422 g/mol. The number of amides is 1. The van der Waals surface area contributed by atoms with Gasteiger partial charge < -0.3 is 9.73 Å². The molecule has 1 N–H and O–H groups in total. The summed E-state index contributed by atoms with van der Waals surface area (Å²) in [6, 6.07) is 19.8. The highest BCUT2D eigenvalue weighted by molar-refractivity contribution is 7.89. The number of nitrogens with one attached hydrogen (secondary N) is 1. The first-order valence-electron chi connectivity index (χ1n) is 9.69. The molecule has 0 radical (unpaired) electrons. The lowest BCUT2D eigenvalue weighted by Gasteiger charge is -2.12. The van der Waals surface area contributed by atoms with Gasteiger partial charge in [0.15, 0.2) is 15.6 Å². The van der Waals surface area contributed by atoms with Crippen LogP contribution in [0.15, 0.2) is 71.1 Å². The highest BCUT2D eigenvalue weighted by Crippen LogP contribution is 2.18. The van der Waals surface area contributed by atoms with Gasteiger partial charge in [0.25, 0.3) is 5.91 Å². The summed E-state index contributed by atoms with van der Waals surface area (Å²) >= 11 is 5.91. The van der Waals surface area contributed by atoms with Crippen molar-refractivity contribution in [3.05, 3.63) is 94.4 Å². The molecule has 1 aromatic heterocycles. The van der Waals surface area contributed by atoms with Crippen LogP contribution < -0.4 is 5.32 Å². The summed E-state index contributed by atoms with van der Waals surface area (Å²) in [5.74, 6) is -0.439. The van der Waals surface area contributed by atoms with E-state index in [1.165, 1.54) is 17.7 Å². The second-order valence-corrected chi connectivity index (χ2v) is 9.83. The van der Waals surface area contributed by atoms with Crippen LogP contribution in [0.4, 0.5) is 0 Å². The zero-order chi connectivity index (χ0) is 21.6. The zero-order valence-electron chi connectivity index (χ0n) is 16.7. The molecule has 5 nitrogen and oxygen atoms in total. The Balaban J connectivity index is 1.53. The van der Waals surface area contributed by atoms with Gasteiger partial charge in [-0.15, -0.1) is 0 Å². The second-order valence-electron chi connectivity index (χ2n) is 7.33. The molecule has 1 atom stereocenters. The summed E-state index contributed by atoms with van der Waals surface area (Å²) in [4.78, 5) is 12.4. The molecule has 158 valence electrons. The van der Waals surface area contributed by atoms with Crippen LogP contribution in [0.3, 0.4) is 0 Å². The van der Waals surface area contributed by atoms with Gasteiger partial charge in [-0.2, -0.15) is 0 Å². The number of furan rings is 1. The van der Waals surface area contributed by atoms with E-state index in [4.69, 9.17) is 16.0 Å². The Hall–Kier alpha value is -2.57. The predicted molar refractivity (Wildman–Crippen MR) is 118 cm³/mol. The van der Waals surface area contributed by atoms with E-state index < -0.39 is 9.84 Å². The number of carbonyl (C=O) groups excluding carboxylic acids is 1. The number of hydrogen-bond acceptors (Lipinski definition) is 4. The molecule has 0 unspecified atom stereocenters. The first kappa shape index (κ1) is 22.1. The highest BCUT2D eigenvalue weighted by Gasteiger charge is 2.19. The molecule has 30 heavy (non-hydrogen) atoms. The largest absolute Gasteiger partial charge is 0.455 e. The summed E-state index contributed by atoms with van der Waals surface area (Å²) in [6.45, 7) is 1.93. The minimum Gasteiger partial charge on any atom is -0.455 e. The molecule has 0 saturated carbocycles. The SMILES string of the molecule is C[C@H](CCc1ccccc1)NC(=O)c1ccc(CS(=O)(=O)Cc2cccc(Cl)c2)o1. The highest BCUT2D eigenvalue weighted by atomic mass is 35.5. The van der Waals surface area contributed by atoms with E-state index in [0.717, 1.165) is 12.8 Å². The topological polar surface area (TPSA) is 76.4 Å². The van der Waals surface area contributed by atoms with E-state index in [9.17, 15) is 13.2 Å². The molecule has 0 aliphatic carbocycles. The van der Waals surface area contributed by atoms with Crippen molar-refractivity contribution in [2.24, 2.45) is 0 Å². The molecule has 0 spiro atoms. The fourth-order valence-electron chi connectivity index (χ4n) is 3.12. The van der Waals surface area contributed by atoms with E-state index in [1.54, 1.807) is 24.3 Å². The third-order valence-corrected chi connectivity index (χ3v) is 6.34. The van der Waals surface area contributed by atoms with Gasteiger partial charge in [-0.05, 0) is 55.2 Å². The Bertz CT molecular complexity index is 1090. The molecule has 0 aliphatic heterocycles. The monoisotopic (exact) mass is 445 g/mol. The Morgan fingerprint density at radius 3 is 2.47 bits per heavy atom. The molecule has 0 bridgehead atoms. The van der Waals surface area contributed by atoms with Crippen LogP contribution in [0.25, 0.3) is 0 Å². The number of benzene rings is 2. The predicted octanol–water partition coefficient (Wildman–Crippen LogP) is 4.80. The van der Waals surface area contributed by atoms with Crippen LogP contribution >= 0.6 is 11.6 Å².